The number of rotatable bonds is 2. The Labute approximate surface area is 102 Å². The van der Waals surface area contributed by atoms with Crippen LogP contribution in [0.5, 0.6) is 0 Å². The van der Waals surface area contributed by atoms with E-state index in [1.807, 2.05) is 0 Å². The first-order valence-electron chi connectivity index (χ1n) is 5.30. The number of hydrogen-bond acceptors (Lipinski definition) is 0. The first-order valence-corrected chi connectivity index (χ1v) is 13.1. The molecule has 1 aliphatic rings. The normalized spacial score (nSPS) is 18.8. The third-order valence-electron chi connectivity index (χ3n) is 2.79. The van der Waals surface area contributed by atoms with Crippen LogP contribution in [-0.2, 0) is 20.4 Å². The van der Waals surface area contributed by atoms with E-state index in [4.69, 9.17) is 0 Å². The maximum atomic E-state index is 2.51. The van der Waals surface area contributed by atoms with Crippen LogP contribution in [0, 0.1) is 0 Å². The van der Waals surface area contributed by atoms with Gasteiger partial charge in [0.1, 0.15) is 0 Å². The van der Waals surface area contributed by atoms with Crippen molar-refractivity contribution in [3.8, 4) is 0 Å². The molecule has 0 radical (unpaired) electrons. The van der Waals surface area contributed by atoms with Crippen LogP contribution in [0.2, 0.25) is 39.3 Å². The molecule has 1 aliphatic carbocycles. The third-order valence-corrected chi connectivity index (χ3v) is 8.80. The maximum absolute atomic E-state index is 2.51. The summed E-state index contributed by atoms with van der Waals surface area (Å²) in [5, 5.41) is 3.50. The van der Waals surface area contributed by atoms with E-state index in [2.05, 4.69) is 65.8 Å². The minimum atomic E-state index is -1.08. The Kier molecular flexibility index (Phi) is 3.53. The topological polar surface area (TPSA) is 0 Å². The summed E-state index contributed by atoms with van der Waals surface area (Å²) >= 11 is 2.35. The molecule has 0 nitrogen and oxygen atoms in total. The van der Waals surface area contributed by atoms with Crippen molar-refractivity contribution in [2.75, 3.05) is 0 Å². The summed E-state index contributed by atoms with van der Waals surface area (Å²) in [6.45, 7) is 14.8. The molecule has 0 aliphatic heterocycles. The summed E-state index contributed by atoms with van der Waals surface area (Å²) in [4.78, 5) is 0. The second-order valence-corrected chi connectivity index (χ2v) is 17.1. The standard InChI is InChI=1S/C11H21Si2.Ti/c1-12(2,3)10-7-8-11(9-10)13(4,5)6;/h7H,8H2,1-6H3;. The molecule has 0 aromatic heterocycles. The zero-order valence-electron chi connectivity index (χ0n) is 10.3. The first kappa shape index (κ1) is 12.7. The van der Waals surface area contributed by atoms with E-state index >= 15 is 0 Å². The van der Waals surface area contributed by atoms with Crippen LogP contribution in [0.3, 0.4) is 0 Å². The van der Waals surface area contributed by atoms with Crippen LogP contribution in [0.1, 0.15) is 6.42 Å². The Bertz CT molecular complexity index is 283. The van der Waals surface area contributed by atoms with Gasteiger partial charge in [-0.2, -0.15) is 0 Å². The summed E-state index contributed by atoms with van der Waals surface area (Å²) in [5.41, 5.74) is 0. The first-order chi connectivity index (χ1) is 6.14. The molecular weight excluding hydrogens is 236 g/mol. The van der Waals surface area contributed by atoms with Gasteiger partial charge in [-0.15, -0.1) is 0 Å². The Morgan fingerprint density at radius 2 is 1.50 bits per heavy atom. The third kappa shape index (κ3) is 2.60. The number of allylic oxidation sites excluding steroid dienone is 4. The van der Waals surface area contributed by atoms with E-state index in [1.54, 1.807) is 14.3 Å². The van der Waals surface area contributed by atoms with Crippen molar-refractivity contribution in [2.24, 2.45) is 0 Å². The van der Waals surface area contributed by atoms with Gasteiger partial charge in [-0.1, -0.05) is 0 Å². The molecule has 0 heterocycles. The van der Waals surface area contributed by atoms with E-state index in [1.165, 1.54) is 6.42 Å². The van der Waals surface area contributed by atoms with Crippen molar-refractivity contribution in [3.05, 3.63) is 20.3 Å². The molecule has 0 saturated heterocycles. The van der Waals surface area contributed by atoms with Gasteiger partial charge in [-0.3, -0.25) is 0 Å². The van der Waals surface area contributed by atoms with Gasteiger partial charge in [0, 0.05) is 0 Å². The van der Waals surface area contributed by atoms with Crippen LogP contribution in [0.15, 0.2) is 20.3 Å². The Morgan fingerprint density at radius 3 is 1.71 bits per heavy atom. The molecular formula is C11H21Si2Ti. The average molecular weight is 257 g/mol. The fourth-order valence-corrected chi connectivity index (χ4v) is 9.10. The van der Waals surface area contributed by atoms with Gasteiger partial charge >= 0.3 is 103 Å². The molecule has 1 rings (SSSR count). The molecule has 0 aromatic carbocycles. The predicted molar refractivity (Wildman–Crippen MR) is 66.4 cm³/mol. The molecule has 0 fully saturated rings. The van der Waals surface area contributed by atoms with Crippen molar-refractivity contribution in [1.29, 1.82) is 0 Å². The van der Waals surface area contributed by atoms with E-state index in [0.717, 1.165) is 0 Å². The van der Waals surface area contributed by atoms with E-state index in [0.29, 0.717) is 0 Å². The van der Waals surface area contributed by atoms with E-state index < -0.39 is 16.1 Å². The van der Waals surface area contributed by atoms with Crippen LogP contribution in [0.25, 0.3) is 0 Å². The van der Waals surface area contributed by atoms with Crippen molar-refractivity contribution in [3.63, 3.8) is 0 Å². The molecule has 0 aromatic rings. The molecule has 0 unspecified atom stereocenters. The van der Waals surface area contributed by atoms with Gasteiger partial charge in [0.25, 0.3) is 0 Å². The molecule has 0 amide bonds. The summed E-state index contributed by atoms with van der Waals surface area (Å²) in [6.07, 6.45) is 3.76. The van der Waals surface area contributed by atoms with Gasteiger partial charge in [0.05, 0.1) is 0 Å². The molecule has 0 bridgehead atoms. The molecule has 3 heteroatoms. The van der Waals surface area contributed by atoms with E-state index in [9.17, 15) is 0 Å². The Morgan fingerprint density at radius 1 is 1.00 bits per heavy atom. The average Bonchev–Trinajstić information content (AvgIpc) is 2.26. The molecule has 14 heavy (non-hydrogen) atoms. The van der Waals surface area contributed by atoms with Gasteiger partial charge in [-0.05, 0) is 0 Å². The van der Waals surface area contributed by atoms with Crippen LogP contribution < -0.4 is 0 Å². The zero-order valence-corrected chi connectivity index (χ0v) is 13.8. The predicted octanol–water partition coefficient (Wildman–Crippen LogP) is 3.87. The van der Waals surface area contributed by atoms with E-state index in [-0.39, 0.29) is 0 Å². The van der Waals surface area contributed by atoms with Gasteiger partial charge in [-0.25, -0.2) is 0 Å². The number of hydrogen-bond donors (Lipinski definition) is 0. The zero-order chi connectivity index (χ0) is 11.1. The van der Waals surface area contributed by atoms with Crippen molar-refractivity contribution < 1.29 is 20.4 Å². The SMILES string of the molecule is C[Si](C)(C)C1=CCC([Si](C)(C)C)=[C]1[Ti]. The monoisotopic (exact) mass is 257 g/mol. The Hall–Kier alpha value is 0.628. The fourth-order valence-electron chi connectivity index (χ4n) is 1.93. The quantitative estimate of drug-likeness (QED) is 0.659. The molecule has 0 saturated carbocycles. The summed E-state index contributed by atoms with van der Waals surface area (Å²) < 4.78 is 1.66. The van der Waals surface area contributed by atoms with Crippen LogP contribution in [0.4, 0.5) is 0 Å². The fraction of sp³-hybridized carbons (Fsp3) is 0.636. The Balaban J connectivity index is 3.05. The second-order valence-electron chi connectivity index (χ2n) is 6.18. The van der Waals surface area contributed by atoms with Crippen molar-refractivity contribution in [1.82, 2.24) is 0 Å². The van der Waals surface area contributed by atoms with Crippen LogP contribution >= 0.6 is 0 Å². The minimum absolute atomic E-state index is 1.06. The molecule has 0 atom stereocenters. The van der Waals surface area contributed by atoms with Gasteiger partial charge in [0.2, 0.25) is 0 Å². The summed E-state index contributed by atoms with van der Waals surface area (Å²) in [7, 11) is -2.14. The van der Waals surface area contributed by atoms with Crippen LogP contribution in [-0.4, -0.2) is 16.1 Å². The van der Waals surface area contributed by atoms with Gasteiger partial charge in [0.15, 0.2) is 0 Å². The second kappa shape index (κ2) is 3.89. The van der Waals surface area contributed by atoms with Crippen molar-refractivity contribution in [2.45, 2.75) is 45.7 Å². The van der Waals surface area contributed by atoms with Crippen molar-refractivity contribution >= 4 is 16.1 Å². The molecule has 0 spiro atoms. The summed E-state index contributed by atoms with van der Waals surface area (Å²) in [5.74, 6) is 0. The van der Waals surface area contributed by atoms with Gasteiger partial charge < -0.3 is 0 Å². The molecule has 77 valence electrons. The summed E-state index contributed by atoms with van der Waals surface area (Å²) in [6, 6.07) is 0. The molecule has 0 N–H and O–H groups in total.